The molecular formula is C20H15N3. The van der Waals surface area contributed by atoms with Crippen LogP contribution in [0.4, 0.5) is 0 Å². The van der Waals surface area contributed by atoms with Gasteiger partial charge in [0.15, 0.2) is 0 Å². The van der Waals surface area contributed by atoms with Gasteiger partial charge in [-0.3, -0.25) is 15.0 Å². The van der Waals surface area contributed by atoms with E-state index < -0.39 is 0 Å². The van der Waals surface area contributed by atoms with Crippen LogP contribution in [-0.4, -0.2) is 15.0 Å². The number of fused-ring (bicyclic) bond motifs is 1. The van der Waals surface area contributed by atoms with Crippen LogP contribution in [0.15, 0.2) is 72.7 Å². The maximum absolute atomic E-state index is 4.52. The Bertz CT molecular complexity index is 878. The van der Waals surface area contributed by atoms with E-state index >= 15 is 0 Å². The van der Waals surface area contributed by atoms with Crippen molar-refractivity contribution in [3.8, 4) is 11.4 Å². The summed E-state index contributed by atoms with van der Waals surface area (Å²) < 4.78 is 0. The molecule has 0 spiro atoms. The van der Waals surface area contributed by atoms with E-state index in [4.69, 9.17) is 0 Å². The van der Waals surface area contributed by atoms with Gasteiger partial charge in [0, 0.05) is 18.6 Å². The van der Waals surface area contributed by atoms with Crippen LogP contribution in [-0.2, 0) is 6.42 Å². The third-order valence-corrected chi connectivity index (χ3v) is 3.84. The predicted molar refractivity (Wildman–Crippen MR) is 92.4 cm³/mol. The van der Waals surface area contributed by atoms with E-state index in [0.29, 0.717) is 0 Å². The van der Waals surface area contributed by atoms with Gasteiger partial charge in [-0.2, -0.15) is 0 Å². The number of pyridine rings is 3. The smallest absolute Gasteiger partial charge is 0.0886 e. The van der Waals surface area contributed by atoms with Crippen molar-refractivity contribution in [1.29, 1.82) is 0 Å². The molecule has 0 fully saturated rings. The Kier molecular flexibility index (Phi) is 3.53. The summed E-state index contributed by atoms with van der Waals surface area (Å²) in [6.07, 6.45) is 12.8. The average Bonchev–Trinajstić information content (AvgIpc) is 2.63. The highest BCUT2D eigenvalue weighted by atomic mass is 14.8. The van der Waals surface area contributed by atoms with Gasteiger partial charge in [0.25, 0.3) is 0 Å². The quantitative estimate of drug-likeness (QED) is 0.712. The average molecular weight is 297 g/mol. The maximum atomic E-state index is 4.52. The molecule has 0 radical (unpaired) electrons. The molecule has 4 rings (SSSR count). The molecule has 0 saturated carbocycles. The van der Waals surface area contributed by atoms with Crippen LogP contribution in [0.5, 0.6) is 0 Å². The summed E-state index contributed by atoms with van der Waals surface area (Å²) in [4.78, 5) is 13.2. The second-order valence-electron chi connectivity index (χ2n) is 5.47. The SMILES string of the molecule is C1=Cc2ncccc2C/C1=C\c1ccc(-c2ccccn2)nc1. The number of nitrogens with zero attached hydrogens (tertiary/aromatic N) is 3. The van der Waals surface area contributed by atoms with Crippen molar-refractivity contribution in [3.05, 3.63) is 89.5 Å². The number of hydrogen-bond donors (Lipinski definition) is 0. The molecule has 1 aliphatic carbocycles. The molecule has 23 heavy (non-hydrogen) atoms. The minimum absolute atomic E-state index is 0.890. The molecule has 0 N–H and O–H groups in total. The molecule has 3 aromatic rings. The Balaban J connectivity index is 1.58. The molecular weight excluding hydrogens is 282 g/mol. The van der Waals surface area contributed by atoms with Gasteiger partial charge < -0.3 is 0 Å². The Labute approximate surface area is 135 Å². The normalized spacial score (nSPS) is 14.7. The summed E-state index contributed by atoms with van der Waals surface area (Å²) in [5, 5.41) is 0. The first-order chi connectivity index (χ1) is 11.4. The van der Waals surface area contributed by atoms with E-state index in [1.165, 1.54) is 11.1 Å². The first-order valence-electron chi connectivity index (χ1n) is 7.58. The molecule has 3 heterocycles. The molecule has 0 atom stereocenters. The van der Waals surface area contributed by atoms with Crippen LogP contribution >= 0.6 is 0 Å². The van der Waals surface area contributed by atoms with Crippen LogP contribution in [0.25, 0.3) is 23.5 Å². The van der Waals surface area contributed by atoms with Crippen molar-refractivity contribution in [3.63, 3.8) is 0 Å². The van der Waals surface area contributed by atoms with Crippen LogP contribution in [0.1, 0.15) is 16.8 Å². The van der Waals surface area contributed by atoms with E-state index in [-0.39, 0.29) is 0 Å². The first kappa shape index (κ1) is 13.6. The molecule has 0 saturated heterocycles. The van der Waals surface area contributed by atoms with E-state index in [9.17, 15) is 0 Å². The molecule has 110 valence electrons. The van der Waals surface area contributed by atoms with E-state index in [0.717, 1.165) is 29.1 Å². The largest absolute Gasteiger partial charge is 0.257 e. The standard InChI is InChI=1S/C20H15N3/c1-2-10-22-19(5-1)20-9-7-16(14-23-20)12-15-6-8-18-17(13-15)4-3-11-21-18/h1-12,14H,13H2/b15-12-. The minimum atomic E-state index is 0.890. The van der Waals surface area contributed by atoms with Crippen molar-refractivity contribution in [2.45, 2.75) is 6.42 Å². The van der Waals surface area contributed by atoms with Crippen LogP contribution < -0.4 is 0 Å². The highest BCUT2D eigenvalue weighted by molar-refractivity contribution is 5.66. The lowest BCUT2D eigenvalue weighted by atomic mass is 9.96. The second-order valence-corrected chi connectivity index (χ2v) is 5.47. The monoisotopic (exact) mass is 297 g/mol. The molecule has 1 aliphatic rings. The summed E-state index contributed by atoms with van der Waals surface area (Å²) in [6.45, 7) is 0. The number of hydrogen-bond acceptors (Lipinski definition) is 3. The van der Waals surface area contributed by atoms with Gasteiger partial charge in [-0.15, -0.1) is 0 Å². The van der Waals surface area contributed by atoms with Crippen molar-refractivity contribution < 1.29 is 0 Å². The lowest BCUT2D eigenvalue weighted by Gasteiger charge is -2.11. The summed E-state index contributed by atoms with van der Waals surface area (Å²) in [6, 6.07) is 14.0. The molecule has 0 unspecified atom stereocenters. The molecule has 3 nitrogen and oxygen atoms in total. The van der Waals surface area contributed by atoms with Crippen molar-refractivity contribution >= 4 is 12.2 Å². The Morgan fingerprint density at radius 2 is 1.70 bits per heavy atom. The summed E-state index contributed by atoms with van der Waals surface area (Å²) >= 11 is 0. The zero-order valence-electron chi connectivity index (χ0n) is 12.6. The molecule has 3 aromatic heterocycles. The lowest BCUT2D eigenvalue weighted by Crippen LogP contribution is -1.99. The molecule has 0 aliphatic heterocycles. The highest BCUT2D eigenvalue weighted by Gasteiger charge is 2.08. The number of rotatable bonds is 2. The van der Waals surface area contributed by atoms with Crippen LogP contribution in [0.3, 0.4) is 0 Å². The highest BCUT2D eigenvalue weighted by Crippen LogP contribution is 2.22. The van der Waals surface area contributed by atoms with E-state index in [1.807, 2.05) is 42.7 Å². The fourth-order valence-corrected chi connectivity index (χ4v) is 2.68. The van der Waals surface area contributed by atoms with Crippen LogP contribution in [0.2, 0.25) is 0 Å². The third kappa shape index (κ3) is 2.94. The predicted octanol–water partition coefficient (Wildman–Crippen LogP) is 4.19. The molecule has 0 aromatic carbocycles. The van der Waals surface area contributed by atoms with E-state index in [2.05, 4.69) is 45.3 Å². The Morgan fingerprint density at radius 1 is 0.783 bits per heavy atom. The minimum Gasteiger partial charge on any atom is -0.257 e. The Morgan fingerprint density at radius 3 is 2.52 bits per heavy atom. The number of aromatic nitrogens is 3. The maximum Gasteiger partial charge on any atom is 0.0886 e. The van der Waals surface area contributed by atoms with Gasteiger partial charge in [-0.1, -0.05) is 24.3 Å². The fraction of sp³-hybridized carbons (Fsp3) is 0.0500. The summed E-state index contributed by atoms with van der Waals surface area (Å²) in [5.74, 6) is 0. The number of allylic oxidation sites excluding steroid dienone is 2. The molecule has 0 amide bonds. The van der Waals surface area contributed by atoms with Gasteiger partial charge in [0.1, 0.15) is 0 Å². The van der Waals surface area contributed by atoms with Gasteiger partial charge in [-0.25, -0.2) is 0 Å². The summed E-state index contributed by atoms with van der Waals surface area (Å²) in [5.41, 5.74) is 6.47. The van der Waals surface area contributed by atoms with Crippen LogP contribution in [0, 0.1) is 0 Å². The second kappa shape index (κ2) is 5.97. The van der Waals surface area contributed by atoms with E-state index in [1.54, 1.807) is 6.20 Å². The fourth-order valence-electron chi connectivity index (χ4n) is 2.68. The third-order valence-electron chi connectivity index (χ3n) is 3.84. The Hall–Kier alpha value is -3.07. The van der Waals surface area contributed by atoms with Gasteiger partial charge in [0.2, 0.25) is 0 Å². The zero-order valence-corrected chi connectivity index (χ0v) is 12.6. The first-order valence-corrected chi connectivity index (χ1v) is 7.58. The van der Waals surface area contributed by atoms with Crippen molar-refractivity contribution in [2.24, 2.45) is 0 Å². The molecule has 0 bridgehead atoms. The van der Waals surface area contributed by atoms with Gasteiger partial charge in [0.05, 0.1) is 17.1 Å². The summed E-state index contributed by atoms with van der Waals surface area (Å²) in [7, 11) is 0. The van der Waals surface area contributed by atoms with Gasteiger partial charge >= 0.3 is 0 Å². The van der Waals surface area contributed by atoms with Crippen molar-refractivity contribution in [1.82, 2.24) is 15.0 Å². The topological polar surface area (TPSA) is 38.7 Å². The van der Waals surface area contributed by atoms with Crippen molar-refractivity contribution in [2.75, 3.05) is 0 Å². The van der Waals surface area contributed by atoms with Gasteiger partial charge in [-0.05, 0) is 59.5 Å². The zero-order chi connectivity index (χ0) is 15.5. The molecule has 3 heteroatoms. The lowest BCUT2D eigenvalue weighted by molar-refractivity contribution is 1.12.